The molecule has 3 N–H and O–H groups in total. The highest BCUT2D eigenvalue weighted by Gasteiger charge is 1.94. The Labute approximate surface area is 88.7 Å². The molecule has 0 rings (SSSR count). The zero-order valence-corrected chi connectivity index (χ0v) is 8.85. The molecular weight excluding hydrogens is 204 g/mol. The van der Waals surface area contributed by atoms with E-state index in [1.54, 1.807) is 0 Å². The average Bonchev–Trinajstić information content (AvgIpc) is 2.08. The summed E-state index contributed by atoms with van der Waals surface area (Å²) >= 11 is 3.55. The van der Waals surface area contributed by atoms with Crippen molar-refractivity contribution in [2.45, 2.75) is 25.7 Å². The largest absolute Gasteiger partial charge is 0.465 e. The quantitative estimate of drug-likeness (QED) is 0.387. The molecule has 2 amide bonds. The molecule has 0 aliphatic rings. The second-order valence-electron chi connectivity index (χ2n) is 2.88. The molecule has 0 aromatic rings. The number of carboxylic acid groups (broad SMARTS) is 1. The summed E-state index contributed by atoms with van der Waals surface area (Å²) in [5.41, 5.74) is 0. The number of hydrogen-bond donors (Lipinski definition) is 4. The normalized spacial score (nSPS) is 9.50. The standard InChI is InChI=1S/C8H16N2O3S/c11-7(12)9-5-3-1-2-4-6-10-8(13)14/h9H,1-6H2,(H,11,12)(H2,10,13,14). The lowest BCUT2D eigenvalue weighted by molar-refractivity contribution is 0.194. The molecule has 6 heteroatoms. The highest BCUT2D eigenvalue weighted by Crippen LogP contribution is 1.97. The van der Waals surface area contributed by atoms with Gasteiger partial charge >= 0.3 is 6.09 Å². The fourth-order valence-corrected chi connectivity index (χ4v) is 1.11. The second-order valence-corrected chi connectivity index (χ2v) is 3.28. The van der Waals surface area contributed by atoms with Crippen molar-refractivity contribution in [2.75, 3.05) is 13.1 Å². The van der Waals surface area contributed by atoms with Crippen molar-refractivity contribution in [3.63, 3.8) is 0 Å². The molecule has 82 valence electrons. The van der Waals surface area contributed by atoms with Gasteiger partial charge in [0, 0.05) is 13.1 Å². The van der Waals surface area contributed by atoms with Crippen LogP contribution in [0, 0.1) is 0 Å². The van der Waals surface area contributed by atoms with Gasteiger partial charge in [-0.25, -0.2) is 4.79 Å². The summed E-state index contributed by atoms with van der Waals surface area (Å²) in [4.78, 5) is 20.4. The summed E-state index contributed by atoms with van der Waals surface area (Å²) in [5, 5.41) is 12.8. The molecule has 0 bridgehead atoms. The molecule has 0 aromatic carbocycles. The van der Waals surface area contributed by atoms with E-state index in [1.807, 2.05) is 0 Å². The zero-order valence-electron chi connectivity index (χ0n) is 7.95. The Morgan fingerprint density at radius 3 is 1.93 bits per heavy atom. The van der Waals surface area contributed by atoms with Gasteiger partial charge in [-0.2, -0.15) is 0 Å². The van der Waals surface area contributed by atoms with E-state index in [0.29, 0.717) is 13.1 Å². The first-order valence-corrected chi connectivity index (χ1v) is 5.01. The predicted octanol–water partition coefficient (Wildman–Crippen LogP) is 1.45. The molecule has 0 radical (unpaired) electrons. The lowest BCUT2D eigenvalue weighted by atomic mass is 10.2. The molecule has 0 heterocycles. The van der Waals surface area contributed by atoms with E-state index in [2.05, 4.69) is 23.3 Å². The lowest BCUT2D eigenvalue weighted by Gasteiger charge is -2.02. The Hall–Kier alpha value is -0.910. The van der Waals surface area contributed by atoms with Crippen LogP contribution in [0.4, 0.5) is 9.59 Å². The van der Waals surface area contributed by atoms with Crippen LogP contribution in [-0.2, 0) is 0 Å². The van der Waals surface area contributed by atoms with Gasteiger partial charge in [-0.15, -0.1) is 0 Å². The van der Waals surface area contributed by atoms with Gasteiger partial charge in [-0.3, -0.25) is 4.79 Å². The summed E-state index contributed by atoms with van der Waals surface area (Å²) in [6.07, 6.45) is 2.70. The molecule has 0 atom stereocenters. The van der Waals surface area contributed by atoms with Crippen molar-refractivity contribution in [3.8, 4) is 0 Å². The second kappa shape index (κ2) is 8.68. The van der Waals surface area contributed by atoms with Crippen LogP contribution in [0.3, 0.4) is 0 Å². The number of carbonyl (C=O) groups excluding carboxylic acids is 1. The summed E-state index contributed by atoms with van der Waals surface area (Å²) in [5.74, 6) is 0. The highest BCUT2D eigenvalue weighted by molar-refractivity contribution is 7.96. The molecule has 0 saturated carbocycles. The SMILES string of the molecule is O=C(O)NCCCCCCNC(=O)S. The number of rotatable bonds is 7. The van der Waals surface area contributed by atoms with Gasteiger partial charge in [0.15, 0.2) is 0 Å². The van der Waals surface area contributed by atoms with E-state index in [-0.39, 0.29) is 5.24 Å². The van der Waals surface area contributed by atoms with Gasteiger partial charge in [-0.05, 0) is 12.8 Å². The maximum Gasteiger partial charge on any atom is 0.404 e. The monoisotopic (exact) mass is 220 g/mol. The third kappa shape index (κ3) is 11.1. The molecule has 0 aromatic heterocycles. The van der Waals surface area contributed by atoms with Crippen LogP contribution in [-0.4, -0.2) is 29.5 Å². The van der Waals surface area contributed by atoms with Crippen molar-refractivity contribution in [1.82, 2.24) is 10.6 Å². The predicted molar refractivity (Wildman–Crippen MR) is 56.9 cm³/mol. The fourth-order valence-electron chi connectivity index (χ4n) is 0.994. The first-order valence-electron chi connectivity index (χ1n) is 4.56. The van der Waals surface area contributed by atoms with E-state index in [4.69, 9.17) is 5.11 Å². The van der Waals surface area contributed by atoms with Gasteiger partial charge in [0.25, 0.3) is 5.24 Å². The highest BCUT2D eigenvalue weighted by atomic mass is 32.1. The van der Waals surface area contributed by atoms with Gasteiger partial charge in [0.05, 0.1) is 0 Å². The molecule has 0 fully saturated rings. The van der Waals surface area contributed by atoms with E-state index < -0.39 is 6.09 Å². The van der Waals surface area contributed by atoms with Crippen LogP contribution in [0.5, 0.6) is 0 Å². The van der Waals surface area contributed by atoms with Crippen LogP contribution < -0.4 is 10.6 Å². The third-order valence-electron chi connectivity index (χ3n) is 1.66. The topological polar surface area (TPSA) is 78.4 Å². The molecule has 14 heavy (non-hydrogen) atoms. The summed E-state index contributed by atoms with van der Waals surface area (Å²) in [7, 11) is 0. The minimum Gasteiger partial charge on any atom is -0.465 e. The molecular formula is C8H16N2O3S. The number of amides is 2. The first kappa shape index (κ1) is 13.1. The van der Waals surface area contributed by atoms with E-state index in [9.17, 15) is 9.59 Å². The molecule has 0 aliphatic heterocycles. The third-order valence-corrected chi connectivity index (χ3v) is 1.81. The van der Waals surface area contributed by atoms with Crippen LogP contribution in [0.1, 0.15) is 25.7 Å². The van der Waals surface area contributed by atoms with E-state index >= 15 is 0 Å². The molecule has 0 aliphatic carbocycles. The Morgan fingerprint density at radius 2 is 1.50 bits per heavy atom. The van der Waals surface area contributed by atoms with Gasteiger partial charge < -0.3 is 15.7 Å². The van der Waals surface area contributed by atoms with Crippen LogP contribution in [0.15, 0.2) is 0 Å². The zero-order chi connectivity index (χ0) is 10.8. The van der Waals surface area contributed by atoms with Crippen LogP contribution >= 0.6 is 12.6 Å². The molecule has 0 saturated heterocycles. The van der Waals surface area contributed by atoms with Gasteiger partial charge in [0.1, 0.15) is 0 Å². The number of unbranched alkanes of at least 4 members (excludes halogenated alkanes) is 3. The van der Waals surface area contributed by atoms with Gasteiger partial charge in [0.2, 0.25) is 0 Å². The Balaban J connectivity index is 2.99. The van der Waals surface area contributed by atoms with Crippen molar-refractivity contribution in [1.29, 1.82) is 0 Å². The van der Waals surface area contributed by atoms with Crippen molar-refractivity contribution < 1.29 is 14.7 Å². The van der Waals surface area contributed by atoms with Crippen LogP contribution in [0.2, 0.25) is 0 Å². The van der Waals surface area contributed by atoms with Crippen molar-refractivity contribution in [3.05, 3.63) is 0 Å². The molecule has 0 spiro atoms. The van der Waals surface area contributed by atoms with E-state index in [0.717, 1.165) is 25.7 Å². The number of carbonyl (C=O) groups is 2. The summed E-state index contributed by atoms with van der Waals surface area (Å²) in [6.45, 7) is 1.13. The Morgan fingerprint density at radius 1 is 1.00 bits per heavy atom. The maximum atomic E-state index is 10.3. The Kier molecular flexibility index (Phi) is 8.11. The average molecular weight is 220 g/mol. The summed E-state index contributed by atoms with van der Waals surface area (Å²) < 4.78 is 0. The maximum absolute atomic E-state index is 10.3. The van der Waals surface area contributed by atoms with Gasteiger partial charge in [-0.1, -0.05) is 25.5 Å². The minimum absolute atomic E-state index is 0.308. The first-order chi connectivity index (χ1) is 6.63. The molecule has 5 nitrogen and oxygen atoms in total. The molecule has 0 unspecified atom stereocenters. The smallest absolute Gasteiger partial charge is 0.404 e. The fraction of sp³-hybridized carbons (Fsp3) is 0.750. The lowest BCUT2D eigenvalue weighted by Crippen LogP contribution is -2.21. The number of nitrogens with one attached hydrogen (secondary N) is 2. The number of hydrogen-bond acceptors (Lipinski definition) is 2. The summed E-state index contributed by atoms with van der Waals surface area (Å²) in [6, 6.07) is 0. The van der Waals surface area contributed by atoms with Crippen molar-refractivity contribution >= 4 is 24.0 Å². The van der Waals surface area contributed by atoms with Crippen molar-refractivity contribution in [2.24, 2.45) is 0 Å². The van der Waals surface area contributed by atoms with Crippen LogP contribution in [0.25, 0.3) is 0 Å². The minimum atomic E-state index is -0.979. The number of thiol groups is 1. The Bertz CT molecular complexity index is 167. The van der Waals surface area contributed by atoms with E-state index in [1.165, 1.54) is 0 Å².